The van der Waals surface area contributed by atoms with Gasteiger partial charge < -0.3 is 15.5 Å². The van der Waals surface area contributed by atoms with E-state index < -0.39 is 0 Å². The maximum Gasteiger partial charge on any atom is 0.322 e. The number of amides is 3. The number of aromatic nitrogens is 2. The third-order valence-corrected chi connectivity index (χ3v) is 4.90. The Balaban J connectivity index is 2.20. The third-order valence-electron chi connectivity index (χ3n) is 4.66. The predicted molar refractivity (Wildman–Crippen MR) is 131 cm³/mol. The summed E-state index contributed by atoms with van der Waals surface area (Å²) in [5.41, 5.74) is 1.00. The monoisotopic (exact) mass is 461 g/mol. The first kappa shape index (κ1) is 25.7. The molecular formula is C24H36ClN5O2. The molecule has 1 aromatic carbocycles. The Morgan fingerprint density at radius 1 is 1.09 bits per heavy atom. The number of benzene rings is 1. The summed E-state index contributed by atoms with van der Waals surface area (Å²) < 4.78 is 1.82. The quantitative estimate of drug-likeness (QED) is 0.577. The Hall–Kier alpha value is -2.54. The van der Waals surface area contributed by atoms with Crippen molar-refractivity contribution in [2.75, 3.05) is 23.7 Å². The molecule has 0 spiro atoms. The highest BCUT2D eigenvalue weighted by molar-refractivity contribution is 6.30. The zero-order valence-electron chi connectivity index (χ0n) is 20.4. The number of halogens is 1. The molecule has 8 heteroatoms. The van der Waals surface area contributed by atoms with E-state index in [1.807, 2.05) is 45.4 Å². The van der Waals surface area contributed by atoms with Gasteiger partial charge in [-0.1, -0.05) is 52.3 Å². The van der Waals surface area contributed by atoms with E-state index in [1.165, 1.54) is 4.90 Å². The van der Waals surface area contributed by atoms with E-state index in [4.69, 9.17) is 16.7 Å². The van der Waals surface area contributed by atoms with E-state index >= 15 is 0 Å². The molecule has 0 saturated carbocycles. The summed E-state index contributed by atoms with van der Waals surface area (Å²) in [4.78, 5) is 27.3. The van der Waals surface area contributed by atoms with Crippen molar-refractivity contribution in [1.82, 2.24) is 14.7 Å². The Morgan fingerprint density at radius 3 is 2.28 bits per heavy atom. The van der Waals surface area contributed by atoms with E-state index in [-0.39, 0.29) is 35.4 Å². The highest BCUT2D eigenvalue weighted by atomic mass is 35.5. The van der Waals surface area contributed by atoms with Crippen LogP contribution >= 0.6 is 11.6 Å². The summed E-state index contributed by atoms with van der Waals surface area (Å²) in [6, 6.07) is 8.48. The Labute approximate surface area is 196 Å². The number of hydrogen-bond donors (Lipinski definition) is 2. The fourth-order valence-corrected chi connectivity index (χ4v) is 3.32. The minimum Gasteiger partial charge on any atom is -0.315 e. The van der Waals surface area contributed by atoms with E-state index in [0.29, 0.717) is 23.1 Å². The largest absolute Gasteiger partial charge is 0.322 e. The summed E-state index contributed by atoms with van der Waals surface area (Å²) in [6.45, 7) is 16.7. The zero-order valence-corrected chi connectivity index (χ0v) is 21.2. The van der Waals surface area contributed by atoms with Crippen LogP contribution in [0.1, 0.15) is 61.1 Å². The number of carbonyl (C=O) groups is 2. The van der Waals surface area contributed by atoms with Crippen molar-refractivity contribution >= 4 is 35.0 Å². The molecule has 1 heterocycles. The second kappa shape index (κ2) is 9.94. The van der Waals surface area contributed by atoms with Crippen molar-refractivity contribution in [3.63, 3.8) is 0 Å². The van der Waals surface area contributed by atoms with Crippen LogP contribution in [-0.2, 0) is 15.7 Å². The van der Waals surface area contributed by atoms with Crippen molar-refractivity contribution in [3.05, 3.63) is 41.0 Å². The molecule has 2 rings (SSSR count). The second-order valence-electron chi connectivity index (χ2n) is 10.5. The second-order valence-corrected chi connectivity index (χ2v) is 10.9. The highest BCUT2D eigenvalue weighted by Crippen LogP contribution is 2.28. The summed E-state index contributed by atoms with van der Waals surface area (Å²) in [5.74, 6) is 0.533. The number of carbonyl (C=O) groups excluding carboxylic acids is 2. The lowest BCUT2D eigenvalue weighted by Gasteiger charge is -2.26. The van der Waals surface area contributed by atoms with Gasteiger partial charge in [-0.25, -0.2) is 9.48 Å². The van der Waals surface area contributed by atoms with Gasteiger partial charge in [0.2, 0.25) is 5.91 Å². The van der Waals surface area contributed by atoms with E-state index in [2.05, 4.69) is 31.4 Å². The Kier molecular flexibility index (Phi) is 7.99. The van der Waals surface area contributed by atoms with Crippen molar-refractivity contribution in [2.24, 2.45) is 5.92 Å². The number of hydrogen-bond acceptors (Lipinski definition) is 3. The van der Waals surface area contributed by atoms with Gasteiger partial charge in [-0.15, -0.1) is 0 Å². The van der Waals surface area contributed by atoms with Crippen LogP contribution in [0.5, 0.6) is 0 Å². The zero-order chi connectivity index (χ0) is 24.3. The Bertz CT molecular complexity index is 954. The maximum atomic E-state index is 13.0. The smallest absolute Gasteiger partial charge is 0.315 e. The van der Waals surface area contributed by atoms with Crippen molar-refractivity contribution < 1.29 is 9.59 Å². The molecule has 0 aliphatic rings. The molecule has 2 aromatic rings. The van der Waals surface area contributed by atoms with Gasteiger partial charge in [-0.2, -0.15) is 5.10 Å². The first-order valence-corrected chi connectivity index (χ1v) is 11.3. The number of anilines is 2. The van der Waals surface area contributed by atoms with Gasteiger partial charge in [-0.05, 0) is 44.9 Å². The summed E-state index contributed by atoms with van der Waals surface area (Å²) in [7, 11) is 0. The first-order valence-electron chi connectivity index (χ1n) is 10.9. The average molecular weight is 462 g/mol. The standard InChI is InChI=1S/C24H36ClN5O2/c1-16(2)14-29(22(32)26-18-11-9-10-17(25)12-18)15-21(31)27-20-13-19(23(3,4)5)28-30(20)24(6,7)8/h9-13,16H,14-15H2,1-8H3,(H,26,32)(H,27,31). The topological polar surface area (TPSA) is 79.3 Å². The van der Waals surface area contributed by atoms with Gasteiger partial charge in [0, 0.05) is 28.7 Å². The van der Waals surface area contributed by atoms with Gasteiger partial charge in [0.05, 0.1) is 11.2 Å². The molecule has 7 nitrogen and oxygen atoms in total. The van der Waals surface area contributed by atoms with Crippen LogP contribution in [-0.4, -0.2) is 39.7 Å². The Morgan fingerprint density at radius 2 is 1.75 bits per heavy atom. The lowest BCUT2D eigenvalue weighted by atomic mass is 9.92. The van der Waals surface area contributed by atoms with Crippen molar-refractivity contribution in [3.8, 4) is 0 Å². The van der Waals surface area contributed by atoms with Crippen LogP contribution in [0.25, 0.3) is 0 Å². The maximum absolute atomic E-state index is 13.0. The molecule has 1 aromatic heterocycles. The normalized spacial score (nSPS) is 12.1. The summed E-state index contributed by atoms with van der Waals surface area (Å²) in [6.07, 6.45) is 0. The molecule has 0 saturated heterocycles. The van der Waals surface area contributed by atoms with Gasteiger partial charge >= 0.3 is 6.03 Å². The van der Waals surface area contributed by atoms with E-state index in [0.717, 1.165) is 5.69 Å². The van der Waals surface area contributed by atoms with Crippen LogP contribution in [0.15, 0.2) is 30.3 Å². The lowest BCUT2D eigenvalue weighted by Crippen LogP contribution is -2.43. The van der Waals surface area contributed by atoms with Gasteiger partial charge in [0.25, 0.3) is 0 Å². The number of rotatable bonds is 6. The molecule has 0 aliphatic heterocycles. The molecule has 0 atom stereocenters. The molecular weight excluding hydrogens is 426 g/mol. The molecule has 2 N–H and O–H groups in total. The van der Waals surface area contributed by atoms with Crippen LogP contribution in [0.4, 0.5) is 16.3 Å². The summed E-state index contributed by atoms with van der Waals surface area (Å²) >= 11 is 6.02. The van der Waals surface area contributed by atoms with Crippen molar-refractivity contribution in [1.29, 1.82) is 0 Å². The summed E-state index contributed by atoms with van der Waals surface area (Å²) in [5, 5.41) is 11.0. The SMILES string of the molecule is CC(C)CN(CC(=O)Nc1cc(C(C)(C)C)nn1C(C)(C)C)C(=O)Nc1cccc(Cl)c1. The molecule has 0 aliphatic carbocycles. The van der Waals surface area contributed by atoms with Crippen molar-refractivity contribution in [2.45, 2.75) is 66.3 Å². The number of nitrogens with zero attached hydrogens (tertiary/aromatic N) is 3. The van der Waals surface area contributed by atoms with Crippen LogP contribution < -0.4 is 10.6 Å². The molecule has 3 amide bonds. The van der Waals surface area contributed by atoms with Crippen LogP contribution in [0, 0.1) is 5.92 Å². The molecule has 176 valence electrons. The number of nitrogens with one attached hydrogen (secondary N) is 2. The number of urea groups is 1. The minimum atomic E-state index is -0.351. The van der Waals surface area contributed by atoms with Gasteiger partial charge in [0.15, 0.2) is 0 Å². The third kappa shape index (κ3) is 7.26. The first-order chi connectivity index (χ1) is 14.7. The molecule has 32 heavy (non-hydrogen) atoms. The minimum absolute atomic E-state index is 0.0786. The molecule has 0 bridgehead atoms. The molecule has 0 radical (unpaired) electrons. The van der Waals surface area contributed by atoms with Gasteiger partial charge in [-0.3, -0.25) is 4.79 Å². The van der Waals surface area contributed by atoms with Crippen LogP contribution in [0.2, 0.25) is 5.02 Å². The van der Waals surface area contributed by atoms with Gasteiger partial charge in [0.1, 0.15) is 12.4 Å². The average Bonchev–Trinajstić information content (AvgIpc) is 3.05. The fraction of sp³-hybridized carbons (Fsp3) is 0.542. The van der Waals surface area contributed by atoms with E-state index in [9.17, 15) is 9.59 Å². The highest BCUT2D eigenvalue weighted by Gasteiger charge is 2.26. The predicted octanol–water partition coefficient (Wildman–Crippen LogP) is 5.72. The molecule has 0 fully saturated rings. The molecule has 0 unspecified atom stereocenters. The fourth-order valence-electron chi connectivity index (χ4n) is 3.13. The lowest BCUT2D eigenvalue weighted by molar-refractivity contribution is -0.116. The van der Waals surface area contributed by atoms with E-state index in [1.54, 1.807) is 24.3 Å². The van der Waals surface area contributed by atoms with Crippen LogP contribution in [0.3, 0.4) is 0 Å².